The smallest absolute Gasteiger partial charge is 0.0982 e. The second-order valence-electron chi connectivity index (χ2n) is 5.44. The molecule has 0 aliphatic carbocycles. The zero-order chi connectivity index (χ0) is 14.1. The van der Waals surface area contributed by atoms with E-state index in [1.165, 1.54) is 11.3 Å². The Morgan fingerprint density at radius 2 is 1.85 bits per heavy atom. The van der Waals surface area contributed by atoms with E-state index in [9.17, 15) is 5.11 Å². The minimum atomic E-state index is -0.673. The Morgan fingerprint density at radius 3 is 2.60 bits per heavy atom. The maximum Gasteiger partial charge on any atom is 0.0982 e. The number of nitrogens with two attached hydrogens (primary N) is 1. The zero-order valence-corrected chi connectivity index (χ0v) is 11.7. The van der Waals surface area contributed by atoms with Crippen LogP contribution < -0.4 is 10.6 Å². The lowest BCUT2D eigenvalue weighted by Crippen LogP contribution is -2.19. The molecule has 1 heterocycles. The average molecular weight is 268 g/mol. The topological polar surface area (TPSA) is 49.5 Å². The van der Waals surface area contributed by atoms with E-state index in [4.69, 9.17) is 5.73 Å². The molecule has 2 atom stereocenters. The maximum atomic E-state index is 10.5. The van der Waals surface area contributed by atoms with E-state index in [1.54, 1.807) is 0 Å². The monoisotopic (exact) mass is 268 g/mol. The van der Waals surface area contributed by atoms with Crippen LogP contribution in [0, 0.1) is 0 Å². The predicted octanol–water partition coefficient (Wildman–Crippen LogP) is 2.41. The molecule has 0 fully saturated rings. The molecule has 0 saturated heterocycles. The summed E-state index contributed by atoms with van der Waals surface area (Å²) < 4.78 is 0. The molecule has 0 aromatic heterocycles. The van der Waals surface area contributed by atoms with Gasteiger partial charge in [-0.1, -0.05) is 42.5 Å². The molecule has 1 aliphatic heterocycles. The fourth-order valence-corrected chi connectivity index (χ4v) is 2.84. The highest BCUT2D eigenvalue weighted by molar-refractivity contribution is 5.58. The number of rotatable bonds is 3. The highest BCUT2D eigenvalue weighted by Gasteiger charge is 2.22. The second kappa shape index (κ2) is 5.27. The van der Waals surface area contributed by atoms with E-state index < -0.39 is 12.1 Å². The molecule has 0 bridgehead atoms. The SMILES string of the molecule is CN1CCc2cc(C(O)C(N)c3ccccc3)ccc21. The first-order valence-electron chi connectivity index (χ1n) is 6.99. The summed E-state index contributed by atoms with van der Waals surface area (Å²) >= 11 is 0. The maximum absolute atomic E-state index is 10.5. The number of aliphatic hydroxyl groups excluding tert-OH is 1. The third-order valence-electron chi connectivity index (χ3n) is 4.10. The highest BCUT2D eigenvalue weighted by atomic mass is 16.3. The molecule has 2 unspecified atom stereocenters. The van der Waals surface area contributed by atoms with Gasteiger partial charge in [-0.2, -0.15) is 0 Å². The van der Waals surface area contributed by atoms with Crippen molar-refractivity contribution in [3.05, 3.63) is 65.2 Å². The summed E-state index contributed by atoms with van der Waals surface area (Å²) in [4.78, 5) is 2.24. The van der Waals surface area contributed by atoms with Crippen LogP contribution in [0.3, 0.4) is 0 Å². The first-order chi connectivity index (χ1) is 9.66. The van der Waals surface area contributed by atoms with Crippen LogP contribution >= 0.6 is 0 Å². The summed E-state index contributed by atoms with van der Waals surface area (Å²) in [6, 6.07) is 15.5. The molecule has 0 radical (unpaired) electrons. The molecule has 1 aliphatic rings. The van der Waals surface area contributed by atoms with E-state index in [-0.39, 0.29) is 0 Å². The molecule has 20 heavy (non-hydrogen) atoms. The Labute approximate surface area is 119 Å². The first kappa shape index (κ1) is 13.2. The van der Waals surface area contributed by atoms with Gasteiger partial charge >= 0.3 is 0 Å². The Morgan fingerprint density at radius 1 is 1.10 bits per heavy atom. The van der Waals surface area contributed by atoms with Crippen LogP contribution in [0.25, 0.3) is 0 Å². The molecule has 3 N–H and O–H groups in total. The van der Waals surface area contributed by atoms with Gasteiger partial charge in [0.1, 0.15) is 0 Å². The van der Waals surface area contributed by atoms with Gasteiger partial charge < -0.3 is 15.7 Å². The Hall–Kier alpha value is -1.84. The molecule has 2 aromatic rings. The van der Waals surface area contributed by atoms with Crippen LogP contribution in [0.5, 0.6) is 0 Å². The fraction of sp³-hybridized carbons (Fsp3) is 0.294. The summed E-state index contributed by atoms with van der Waals surface area (Å²) in [6.45, 7) is 1.04. The number of likely N-dealkylation sites (N-methyl/N-ethyl adjacent to an activating group) is 1. The molecular formula is C17H20N2O. The van der Waals surface area contributed by atoms with E-state index in [2.05, 4.69) is 24.1 Å². The van der Waals surface area contributed by atoms with Crippen molar-refractivity contribution in [2.24, 2.45) is 5.73 Å². The van der Waals surface area contributed by atoms with Crippen molar-refractivity contribution in [3.8, 4) is 0 Å². The van der Waals surface area contributed by atoms with Crippen molar-refractivity contribution < 1.29 is 5.11 Å². The third kappa shape index (κ3) is 2.30. The van der Waals surface area contributed by atoms with Crippen LogP contribution in [0.15, 0.2) is 48.5 Å². The Bertz CT molecular complexity index is 597. The molecular weight excluding hydrogens is 248 g/mol. The van der Waals surface area contributed by atoms with Crippen LogP contribution in [-0.2, 0) is 6.42 Å². The quantitative estimate of drug-likeness (QED) is 0.898. The van der Waals surface area contributed by atoms with E-state index in [0.29, 0.717) is 0 Å². The minimum absolute atomic E-state index is 0.395. The molecule has 3 rings (SSSR count). The van der Waals surface area contributed by atoms with Gasteiger partial charge in [0.05, 0.1) is 12.1 Å². The number of anilines is 1. The molecule has 2 aromatic carbocycles. The molecule has 3 nitrogen and oxygen atoms in total. The summed E-state index contributed by atoms with van der Waals surface area (Å²) in [5.74, 6) is 0. The largest absolute Gasteiger partial charge is 0.386 e. The molecule has 3 heteroatoms. The van der Waals surface area contributed by atoms with Crippen molar-refractivity contribution >= 4 is 5.69 Å². The fourth-order valence-electron chi connectivity index (χ4n) is 2.84. The van der Waals surface area contributed by atoms with Crippen LogP contribution in [-0.4, -0.2) is 18.7 Å². The van der Waals surface area contributed by atoms with Crippen LogP contribution in [0.2, 0.25) is 0 Å². The molecule has 0 amide bonds. The number of hydrogen-bond donors (Lipinski definition) is 2. The number of aliphatic hydroxyl groups is 1. The van der Waals surface area contributed by atoms with Gasteiger partial charge in [-0.25, -0.2) is 0 Å². The molecule has 0 spiro atoms. The van der Waals surface area contributed by atoms with Crippen LogP contribution in [0.1, 0.15) is 28.8 Å². The van der Waals surface area contributed by atoms with Crippen LogP contribution in [0.4, 0.5) is 5.69 Å². The number of fused-ring (bicyclic) bond motifs is 1. The summed E-state index contributed by atoms with van der Waals surface area (Å²) in [5, 5.41) is 10.5. The highest BCUT2D eigenvalue weighted by Crippen LogP contribution is 2.32. The lowest BCUT2D eigenvalue weighted by atomic mass is 9.95. The van der Waals surface area contributed by atoms with Crippen molar-refractivity contribution in [2.75, 3.05) is 18.5 Å². The standard InChI is InChI=1S/C17H20N2O/c1-19-10-9-13-11-14(7-8-15(13)19)17(20)16(18)12-5-3-2-4-6-12/h2-8,11,16-17,20H,9-10,18H2,1H3. The Kier molecular flexibility index (Phi) is 3.47. The lowest BCUT2D eigenvalue weighted by molar-refractivity contribution is 0.147. The first-order valence-corrected chi connectivity index (χ1v) is 6.99. The molecule has 104 valence electrons. The normalized spacial score (nSPS) is 16.9. The van der Waals surface area contributed by atoms with Gasteiger partial charge in [0.2, 0.25) is 0 Å². The van der Waals surface area contributed by atoms with E-state index in [1.807, 2.05) is 36.4 Å². The summed E-state index contributed by atoms with van der Waals surface area (Å²) in [5.41, 5.74) is 10.6. The Balaban J connectivity index is 1.86. The summed E-state index contributed by atoms with van der Waals surface area (Å²) in [6.07, 6.45) is 0.362. The van der Waals surface area contributed by atoms with Crippen molar-refractivity contribution in [2.45, 2.75) is 18.6 Å². The van der Waals surface area contributed by atoms with E-state index in [0.717, 1.165) is 24.1 Å². The van der Waals surface area contributed by atoms with Gasteiger partial charge in [-0.3, -0.25) is 0 Å². The molecule has 0 saturated carbocycles. The van der Waals surface area contributed by atoms with Gasteiger partial charge in [0, 0.05) is 19.3 Å². The lowest BCUT2D eigenvalue weighted by Gasteiger charge is -2.21. The predicted molar refractivity (Wildman–Crippen MR) is 81.7 cm³/mol. The minimum Gasteiger partial charge on any atom is -0.386 e. The number of hydrogen-bond acceptors (Lipinski definition) is 3. The van der Waals surface area contributed by atoms with Crippen molar-refractivity contribution in [1.82, 2.24) is 0 Å². The van der Waals surface area contributed by atoms with Gasteiger partial charge in [0.15, 0.2) is 0 Å². The number of nitrogens with zero attached hydrogens (tertiary/aromatic N) is 1. The van der Waals surface area contributed by atoms with E-state index >= 15 is 0 Å². The van der Waals surface area contributed by atoms with Crippen molar-refractivity contribution in [1.29, 1.82) is 0 Å². The van der Waals surface area contributed by atoms with Crippen molar-refractivity contribution in [3.63, 3.8) is 0 Å². The third-order valence-corrected chi connectivity index (χ3v) is 4.10. The number of benzene rings is 2. The van der Waals surface area contributed by atoms with Gasteiger partial charge in [-0.15, -0.1) is 0 Å². The van der Waals surface area contributed by atoms with Gasteiger partial charge in [0.25, 0.3) is 0 Å². The second-order valence-corrected chi connectivity index (χ2v) is 5.44. The summed E-state index contributed by atoms with van der Waals surface area (Å²) in [7, 11) is 2.09. The zero-order valence-electron chi connectivity index (χ0n) is 11.7. The van der Waals surface area contributed by atoms with Gasteiger partial charge in [-0.05, 0) is 29.2 Å². The average Bonchev–Trinajstić information content (AvgIpc) is 2.87.